The summed E-state index contributed by atoms with van der Waals surface area (Å²) in [6.45, 7) is 7.07. The molecule has 1 fully saturated rings. The molecule has 3 N–H and O–H groups in total. The van der Waals surface area contributed by atoms with Crippen LogP contribution in [0.1, 0.15) is 60.3 Å². The Bertz CT molecular complexity index is 828. The van der Waals surface area contributed by atoms with E-state index in [1.807, 2.05) is 0 Å². The minimum absolute atomic E-state index is 0.00955. The molecule has 1 saturated heterocycles. The SMILES string of the molecule is COCc1ccc(Cc2ccc(C(C)(C)C)cc2)cc1C1S[C@H](CO)C[C@H](O)[C@H]1O. The smallest absolute Gasteiger partial charge is 0.0958 e. The highest BCUT2D eigenvalue weighted by Crippen LogP contribution is 2.44. The fraction of sp³-hybridized carbons (Fsp3) is 0.520. The van der Waals surface area contributed by atoms with E-state index in [0.29, 0.717) is 13.0 Å². The van der Waals surface area contributed by atoms with Crippen molar-refractivity contribution in [1.82, 2.24) is 0 Å². The molecule has 1 heterocycles. The van der Waals surface area contributed by atoms with Gasteiger partial charge in [0, 0.05) is 12.4 Å². The lowest BCUT2D eigenvalue weighted by molar-refractivity contribution is 0.00495. The first-order valence-corrected chi connectivity index (χ1v) is 11.5. The predicted octanol–water partition coefficient (Wildman–Crippen LogP) is 3.98. The van der Waals surface area contributed by atoms with Gasteiger partial charge in [-0.25, -0.2) is 0 Å². The zero-order valence-electron chi connectivity index (χ0n) is 18.3. The van der Waals surface area contributed by atoms with Crippen molar-refractivity contribution in [3.63, 3.8) is 0 Å². The van der Waals surface area contributed by atoms with E-state index < -0.39 is 12.2 Å². The number of thioether (sulfide) groups is 1. The van der Waals surface area contributed by atoms with Gasteiger partial charge in [0.25, 0.3) is 0 Å². The Hall–Kier alpha value is -1.37. The number of methoxy groups -OCH3 is 1. The Kier molecular flexibility index (Phi) is 7.64. The van der Waals surface area contributed by atoms with Crippen LogP contribution in [0.2, 0.25) is 0 Å². The molecule has 164 valence electrons. The highest BCUT2D eigenvalue weighted by molar-refractivity contribution is 8.00. The molecule has 4 nitrogen and oxygen atoms in total. The summed E-state index contributed by atoms with van der Waals surface area (Å²) in [4.78, 5) is 0. The first kappa shape index (κ1) is 23.3. The maximum Gasteiger partial charge on any atom is 0.0958 e. The van der Waals surface area contributed by atoms with Gasteiger partial charge in [-0.1, -0.05) is 63.2 Å². The van der Waals surface area contributed by atoms with Gasteiger partial charge >= 0.3 is 0 Å². The lowest BCUT2D eigenvalue weighted by atomic mass is 9.86. The highest BCUT2D eigenvalue weighted by Gasteiger charge is 2.38. The van der Waals surface area contributed by atoms with Gasteiger partial charge in [-0.15, -0.1) is 11.8 Å². The van der Waals surface area contributed by atoms with Crippen LogP contribution in [-0.4, -0.2) is 46.5 Å². The molecular weight excluding hydrogens is 396 g/mol. The molecule has 0 radical (unpaired) electrons. The van der Waals surface area contributed by atoms with Crippen molar-refractivity contribution in [3.05, 3.63) is 70.3 Å². The van der Waals surface area contributed by atoms with E-state index in [2.05, 4.69) is 63.2 Å². The Morgan fingerprint density at radius 3 is 2.30 bits per heavy atom. The minimum atomic E-state index is -0.866. The van der Waals surface area contributed by atoms with Gasteiger partial charge in [0.05, 0.1) is 30.7 Å². The first-order chi connectivity index (χ1) is 14.2. The van der Waals surface area contributed by atoms with Crippen LogP contribution in [0, 0.1) is 0 Å². The van der Waals surface area contributed by atoms with Gasteiger partial charge in [0.1, 0.15) is 0 Å². The van der Waals surface area contributed by atoms with Crippen molar-refractivity contribution < 1.29 is 20.1 Å². The summed E-state index contributed by atoms with van der Waals surface area (Å²) in [5.74, 6) is 0. The van der Waals surface area contributed by atoms with Gasteiger partial charge in [0.15, 0.2) is 0 Å². The summed E-state index contributed by atoms with van der Waals surface area (Å²) in [6.07, 6.45) is -0.505. The molecule has 1 unspecified atom stereocenters. The summed E-state index contributed by atoms with van der Waals surface area (Å²) in [5.41, 5.74) is 5.82. The topological polar surface area (TPSA) is 69.9 Å². The van der Waals surface area contributed by atoms with Gasteiger partial charge in [0.2, 0.25) is 0 Å². The predicted molar refractivity (Wildman–Crippen MR) is 123 cm³/mol. The fourth-order valence-electron chi connectivity index (χ4n) is 3.99. The normalized spacial score (nSPS) is 24.8. The first-order valence-electron chi connectivity index (χ1n) is 10.6. The number of aliphatic hydroxyl groups excluding tert-OH is 3. The second-order valence-electron chi connectivity index (χ2n) is 9.24. The highest BCUT2D eigenvalue weighted by atomic mass is 32.2. The van der Waals surface area contributed by atoms with Crippen LogP contribution in [0.5, 0.6) is 0 Å². The van der Waals surface area contributed by atoms with E-state index in [0.717, 1.165) is 23.1 Å². The molecule has 1 aliphatic heterocycles. The van der Waals surface area contributed by atoms with Gasteiger partial charge in [-0.3, -0.25) is 0 Å². The van der Waals surface area contributed by atoms with E-state index in [-0.39, 0.29) is 22.5 Å². The van der Waals surface area contributed by atoms with E-state index in [4.69, 9.17) is 4.74 Å². The van der Waals surface area contributed by atoms with Crippen molar-refractivity contribution in [2.75, 3.05) is 13.7 Å². The second-order valence-corrected chi connectivity index (χ2v) is 10.7. The maximum absolute atomic E-state index is 10.7. The Labute approximate surface area is 184 Å². The lowest BCUT2D eigenvalue weighted by Crippen LogP contribution is -2.40. The molecule has 3 rings (SSSR count). The van der Waals surface area contributed by atoms with Crippen molar-refractivity contribution in [1.29, 1.82) is 0 Å². The summed E-state index contributed by atoms with van der Waals surface area (Å²) in [7, 11) is 1.66. The van der Waals surface area contributed by atoms with Crippen molar-refractivity contribution in [2.45, 2.75) is 68.3 Å². The molecule has 2 aromatic rings. The summed E-state index contributed by atoms with van der Waals surface area (Å²) >= 11 is 1.54. The molecule has 0 aliphatic carbocycles. The monoisotopic (exact) mass is 430 g/mol. The minimum Gasteiger partial charge on any atom is -0.395 e. The number of hydrogen-bond acceptors (Lipinski definition) is 5. The summed E-state index contributed by atoms with van der Waals surface area (Å²) in [6, 6.07) is 15.0. The zero-order valence-corrected chi connectivity index (χ0v) is 19.2. The molecule has 5 heteroatoms. The van der Waals surface area contributed by atoms with Crippen molar-refractivity contribution >= 4 is 11.8 Å². The van der Waals surface area contributed by atoms with E-state index >= 15 is 0 Å². The fourth-order valence-corrected chi connectivity index (χ4v) is 5.51. The van der Waals surface area contributed by atoms with E-state index in [1.165, 1.54) is 11.1 Å². The lowest BCUT2D eigenvalue weighted by Gasteiger charge is -2.37. The standard InChI is InChI=1S/C25H34O4S/c1-25(2,3)19-9-6-16(7-10-19)11-17-5-8-18(15-29-4)21(12-17)24-23(28)22(27)13-20(14-26)30-24/h5-10,12,20,22-24,26-28H,11,13-15H2,1-4H3/t20-,22-,23+,24?/m0/s1. The van der Waals surface area contributed by atoms with Crippen LogP contribution < -0.4 is 0 Å². The van der Waals surface area contributed by atoms with Crippen LogP contribution >= 0.6 is 11.8 Å². The van der Waals surface area contributed by atoms with Crippen LogP contribution in [0.25, 0.3) is 0 Å². The Morgan fingerprint density at radius 2 is 1.70 bits per heavy atom. The number of hydrogen-bond donors (Lipinski definition) is 3. The number of aliphatic hydroxyl groups is 3. The average molecular weight is 431 g/mol. The molecule has 2 aromatic carbocycles. The van der Waals surface area contributed by atoms with Gasteiger partial charge < -0.3 is 20.1 Å². The van der Waals surface area contributed by atoms with Gasteiger partial charge in [-0.05, 0) is 46.1 Å². The summed E-state index contributed by atoms with van der Waals surface area (Å²) < 4.78 is 5.38. The summed E-state index contributed by atoms with van der Waals surface area (Å²) in [5, 5.41) is 30.3. The largest absolute Gasteiger partial charge is 0.395 e. The molecule has 30 heavy (non-hydrogen) atoms. The van der Waals surface area contributed by atoms with Crippen LogP contribution in [0.15, 0.2) is 42.5 Å². The van der Waals surface area contributed by atoms with Crippen LogP contribution in [0.3, 0.4) is 0 Å². The molecular formula is C25H34O4S. The molecule has 4 atom stereocenters. The number of ether oxygens (including phenoxy) is 1. The Morgan fingerprint density at radius 1 is 1.03 bits per heavy atom. The van der Waals surface area contributed by atoms with Gasteiger partial charge in [-0.2, -0.15) is 0 Å². The molecule has 1 aliphatic rings. The average Bonchev–Trinajstić information content (AvgIpc) is 2.71. The molecule has 0 saturated carbocycles. The van der Waals surface area contributed by atoms with E-state index in [1.54, 1.807) is 18.9 Å². The third-order valence-corrected chi connectivity index (χ3v) is 7.35. The van der Waals surface area contributed by atoms with Crippen molar-refractivity contribution in [2.24, 2.45) is 0 Å². The quantitative estimate of drug-likeness (QED) is 0.647. The third kappa shape index (κ3) is 5.45. The second kappa shape index (κ2) is 9.84. The third-order valence-electron chi connectivity index (χ3n) is 5.80. The number of rotatable bonds is 6. The number of benzene rings is 2. The zero-order chi connectivity index (χ0) is 21.9. The van der Waals surface area contributed by atoms with Crippen LogP contribution in [0.4, 0.5) is 0 Å². The molecule has 0 bridgehead atoms. The Balaban J connectivity index is 1.89. The van der Waals surface area contributed by atoms with E-state index in [9.17, 15) is 15.3 Å². The molecule has 0 amide bonds. The maximum atomic E-state index is 10.7. The van der Waals surface area contributed by atoms with Crippen molar-refractivity contribution in [3.8, 4) is 0 Å². The molecule has 0 spiro atoms. The van der Waals surface area contributed by atoms with Crippen LogP contribution in [-0.2, 0) is 23.2 Å². The molecule has 0 aromatic heterocycles.